The van der Waals surface area contributed by atoms with E-state index in [1.807, 2.05) is 60.7 Å². The first-order chi connectivity index (χ1) is 70.9. The number of phenolic OH excluding ortho intramolecular Hbond substituents is 1. The number of halogens is 5. The third-order valence-corrected chi connectivity index (χ3v) is 32.5. The van der Waals surface area contributed by atoms with Gasteiger partial charge in [0.25, 0.3) is 11.8 Å². The normalized spacial score (nSPS) is 14.0. The Balaban J connectivity index is 0.000000188. The molecule has 28 nitrogen and oxygen atoms in total. The zero-order chi connectivity index (χ0) is 106. The van der Waals surface area contributed by atoms with Gasteiger partial charge in [0.1, 0.15) is 62.0 Å². The number of phenols is 1. The van der Waals surface area contributed by atoms with Crippen LogP contribution in [0.25, 0.3) is 21.9 Å². The quantitative estimate of drug-likeness (QED) is 0.00578. The van der Waals surface area contributed by atoms with Crippen molar-refractivity contribution in [2.24, 2.45) is 40.9 Å². The number of hydrogen-bond acceptors (Lipinski definition) is 21. The van der Waals surface area contributed by atoms with Crippen molar-refractivity contribution in [3.63, 3.8) is 0 Å². The average molecular weight is 2150 g/mol. The average Bonchev–Trinajstić information content (AvgIpc) is 1.19. The molecule has 0 spiro atoms. The van der Waals surface area contributed by atoms with Crippen LogP contribution in [-0.2, 0) is 23.3 Å². The van der Waals surface area contributed by atoms with E-state index in [0.717, 1.165) is 81.6 Å². The van der Waals surface area contributed by atoms with Crippen molar-refractivity contribution in [1.29, 1.82) is 5.26 Å². The Morgan fingerprint density at radius 1 is 0.500 bits per heavy atom. The molecule has 7 heterocycles. The first kappa shape index (κ1) is 118. The van der Waals surface area contributed by atoms with E-state index in [9.17, 15) is 57.2 Å². The molecule has 150 heavy (non-hydrogen) atoms. The Labute approximate surface area is 902 Å². The summed E-state index contributed by atoms with van der Waals surface area (Å²) in [6, 6.07) is 69.6. The molecular formula is C114H130BrF4MgN19O9Si2. The predicted octanol–water partition coefficient (Wildman–Crippen LogP) is 17.6. The van der Waals surface area contributed by atoms with E-state index >= 15 is 0 Å². The number of nitriles is 1. The summed E-state index contributed by atoms with van der Waals surface area (Å²) in [5.41, 5.74) is 22.1. The van der Waals surface area contributed by atoms with Crippen LogP contribution in [0.3, 0.4) is 0 Å². The van der Waals surface area contributed by atoms with Gasteiger partial charge in [0.15, 0.2) is 28.7 Å². The number of aromatic carboxylic acids is 1. The number of benzene rings is 7. The number of anilines is 3. The maximum Gasteiger partial charge on any atom is 2.00 e. The Morgan fingerprint density at radius 2 is 0.907 bits per heavy atom. The fourth-order valence-electron chi connectivity index (χ4n) is 17.3. The van der Waals surface area contributed by atoms with Gasteiger partial charge in [0, 0.05) is 69.7 Å². The number of aromatic hydroxyl groups is 1. The van der Waals surface area contributed by atoms with Gasteiger partial charge >= 0.3 is 29.0 Å². The molecule has 2 amide bonds. The van der Waals surface area contributed by atoms with Gasteiger partial charge in [-0.3, -0.25) is 34.3 Å². The van der Waals surface area contributed by atoms with Crippen LogP contribution in [0.4, 0.5) is 40.3 Å². The van der Waals surface area contributed by atoms with E-state index in [1.54, 1.807) is 167 Å². The molecule has 14 N–H and O–H groups in total. The Bertz CT molecular complexity index is 6890. The third-order valence-electron chi connectivity index (χ3n) is 25.3. The monoisotopic (exact) mass is 2140 g/mol. The smallest absolute Gasteiger partial charge is 1.00 e. The van der Waals surface area contributed by atoms with Crippen molar-refractivity contribution < 1.29 is 79.3 Å². The minimum atomic E-state index is -1.56. The summed E-state index contributed by atoms with van der Waals surface area (Å²) in [7, 11) is -3.12. The maximum atomic E-state index is 14.9. The summed E-state index contributed by atoms with van der Waals surface area (Å²) in [6.07, 6.45) is 21.9. The van der Waals surface area contributed by atoms with Gasteiger partial charge < -0.3 is 79.9 Å². The van der Waals surface area contributed by atoms with Gasteiger partial charge in [0.2, 0.25) is 0 Å². The number of nitrogens with two attached hydrogens (primary N) is 3. The summed E-state index contributed by atoms with van der Waals surface area (Å²) in [6.45, 7) is 29.6. The fourth-order valence-corrected chi connectivity index (χ4v) is 27.1. The minimum Gasteiger partial charge on any atom is -1.00 e. The van der Waals surface area contributed by atoms with E-state index in [0.29, 0.717) is 148 Å². The second-order valence-corrected chi connectivity index (χ2v) is 49.4. The molecular weight excluding hydrogens is 2020 g/mol. The molecule has 7 aromatic carbocycles. The van der Waals surface area contributed by atoms with Crippen molar-refractivity contribution in [1.82, 2.24) is 54.6 Å². The minimum absolute atomic E-state index is 0. The largest absolute Gasteiger partial charge is 2.00 e. The molecule has 4 fully saturated rings. The predicted molar refractivity (Wildman–Crippen MR) is 577 cm³/mol. The number of carboxylic acids is 1. The van der Waals surface area contributed by atoms with E-state index in [4.69, 9.17) is 34.1 Å². The standard InChI is InChI=1S/C29H26FN5O2.C29H30FN5O2.C17H18FNO2.C12H21FNSi2.C12H9N3O2.C11H13NO.C4H13N3.BrH.Mg/c1-19-16-26(35(34-19)23-7-5-6-22(18-23)31-2)28(36)33-25-17-21(11-12-24(25)30)29(37,14-13-20-9-10-20)27-8-3-4-15-32-27;1-19-15-26(35(34-19)23-6-4-5-21(16-23)18-31)28(36)33-25-17-22(10-11-24(25)30)29(37,13-12-20-8-9-20)27-7-2-3-14-32-27;18-14-7-6-13(11-15(14)20)17(21,9-8-12-4-5-12)16-3-1-2-10-19-16;1-15(2,3)14(16(4,5)6)12-10-8-7-9-11(12)13;1-8-5-11(12(16)17)15(14-8)10-4-2-3-9(6-10)7-13;13-11(7-6-9-4-5-9)10-3-1-2-8-12-10;5-1-3-7-4-2-6;;/h3-8,11-12,15-18,20,37H,9-10,13-14H2,1H3,(H,33,36);2-7,10-11,14-17,20,37H,8-9,12-13,18,31H2,1H3,(H,33,36);1-3,6-7,10-12,20-21H,4-5,8-9H2;7,9-10H,1-6H3;2-6H,1H3,(H,16,17);1-3,8-9H,4-7H2;7H,1-6H2;1H;/q;;;-1;;;;;+2/p-1. The van der Waals surface area contributed by atoms with Crippen LogP contribution in [0, 0.1) is 91.7 Å². The zero-order valence-electron chi connectivity index (χ0n) is 86.0. The SMILES string of the molecule is C[Si](C)(C)N(c1c[c-]ccc1F)[Si](C)(C)C.Cc1cc(C(=O)Nc2cc(C(O)(CCC3CC3)c3ccccn3)ccc2F)n(-c2cccc(CN)c2)n1.Cc1cc(C(=O)O)n(-c2cccc(C#N)c2)n1.NCCNCCN.O=C(CCC1CC1)c1ccccn1.Oc1cc(C(O)(CCC2CC2)c2ccccn2)ccc1F.[Br-].[C-]#[N+]c1cccc(-n2nc(C)cc2C(=O)Nc2cc(C(O)(CCC3CC3)c3ccccn3)ccc2F)c1.[Mg+2]. The molecule has 0 saturated heterocycles. The Morgan fingerprint density at radius 3 is 1.30 bits per heavy atom. The topological polar surface area (TPSA) is 420 Å². The molecule has 3 atom stereocenters. The number of ketones is 1. The van der Waals surface area contributed by atoms with Crippen LogP contribution in [0.2, 0.25) is 39.3 Å². The molecule has 0 radical (unpaired) electrons. The second kappa shape index (κ2) is 55.4. The Kier molecular flexibility index (Phi) is 43.7. The summed E-state index contributed by atoms with van der Waals surface area (Å²) in [5.74, 6) is -1.77. The number of nitrogens with zero attached hydrogens (tertiary/aromatic N) is 13. The number of amides is 2. The van der Waals surface area contributed by atoms with Crippen molar-refractivity contribution >= 4 is 85.8 Å². The van der Waals surface area contributed by atoms with Gasteiger partial charge in [0.05, 0.1) is 80.8 Å². The number of aryl methyl sites for hydroxylation is 3. The van der Waals surface area contributed by atoms with Gasteiger partial charge in [-0.1, -0.05) is 169 Å². The maximum absolute atomic E-state index is 14.9. The molecule has 4 saturated carbocycles. The van der Waals surface area contributed by atoms with Crippen molar-refractivity contribution in [3.8, 4) is 28.9 Å². The van der Waals surface area contributed by atoms with E-state index in [2.05, 4.69) is 106 Å². The number of aromatic nitrogens is 10. The summed E-state index contributed by atoms with van der Waals surface area (Å²) in [5, 5.41) is 83.5. The fraction of sp³-hybridized carbons (Fsp3) is 0.325. The molecule has 18 rings (SSSR count). The van der Waals surface area contributed by atoms with E-state index < -0.39 is 74.3 Å². The number of nitrogens with one attached hydrogen (secondary N) is 3. The molecule has 7 aromatic heterocycles. The van der Waals surface area contributed by atoms with Gasteiger partial charge in [-0.2, -0.15) is 38.8 Å². The van der Waals surface area contributed by atoms with Gasteiger partial charge in [-0.15, -0.1) is 6.07 Å². The molecule has 0 aliphatic heterocycles. The summed E-state index contributed by atoms with van der Waals surface area (Å²) < 4.78 is 63.6. The van der Waals surface area contributed by atoms with Crippen LogP contribution in [0.1, 0.15) is 207 Å². The van der Waals surface area contributed by atoms with Crippen LogP contribution in [0.5, 0.6) is 5.75 Å². The van der Waals surface area contributed by atoms with Crippen LogP contribution in [-0.4, -0.2) is 164 Å². The van der Waals surface area contributed by atoms with Crippen LogP contribution in [0.15, 0.2) is 261 Å². The first-order valence-electron chi connectivity index (χ1n) is 49.7. The zero-order valence-corrected chi connectivity index (χ0v) is 91.0. The number of carbonyl (C=O) groups is 4. The number of rotatable bonds is 35. The molecule has 780 valence electrons. The number of pyridine rings is 4. The number of hydrogen-bond donors (Lipinski definition) is 11. The number of carboxylic acid groups (broad SMARTS) is 1. The van der Waals surface area contributed by atoms with Crippen molar-refractivity contribution in [2.75, 3.05) is 41.0 Å². The summed E-state index contributed by atoms with van der Waals surface area (Å²) in [4.78, 5) is 69.7. The number of carbonyl (C=O) groups excluding carboxylic acids is 3. The molecule has 36 heteroatoms. The van der Waals surface area contributed by atoms with Crippen molar-refractivity contribution in [2.45, 2.75) is 186 Å². The molecule has 4 aliphatic rings. The van der Waals surface area contributed by atoms with E-state index in [-0.39, 0.29) is 80.1 Å². The van der Waals surface area contributed by atoms with Gasteiger partial charge in [-0.25, -0.2) is 41.2 Å². The molecule has 14 aromatic rings. The third kappa shape index (κ3) is 33.5. The first-order valence-corrected chi connectivity index (χ1v) is 56.6. The van der Waals surface area contributed by atoms with E-state index in [1.165, 1.54) is 100 Å². The second-order valence-electron chi connectivity index (χ2n) is 39.4. The van der Waals surface area contributed by atoms with Gasteiger partial charge in [-0.05, 0) is 257 Å². The summed E-state index contributed by atoms with van der Waals surface area (Å²) >= 11 is 0. The Hall–Kier alpha value is -13.5. The van der Waals surface area contributed by atoms with Crippen LogP contribution >= 0.6 is 0 Å². The molecule has 3 unspecified atom stereocenters. The van der Waals surface area contributed by atoms with Crippen LogP contribution < -0.4 is 54.4 Å². The van der Waals surface area contributed by atoms with Crippen molar-refractivity contribution in [3.05, 3.63) is 387 Å². The molecule has 4 aliphatic carbocycles. The number of Topliss-reactive ketones (excluding diaryl/α,β-unsaturated/α-hetero) is 1. The number of aliphatic hydroxyl groups is 3. The molecule has 0 bridgehead atoms.